The van der Waals surface area contributed by atoms with Gasteiger partial charge in [-0.3, -0.25) is 9.59 Å². The van der Waals surface area contributed by atoms with Crippen LogP contribution in [0.2, 0.25) is 0 Å². The summed E-state index contributed by atoms with van der Waals surface area (Å²) in [5.74, 6) is -1.20. The van der Waals surface area contributed by atoms with Gasteiger partial charge in [0.15, 0.2) is 0 Å². The number of carbonyl (C=O) groups excluding carboxylic acids is 2. The number of hydrogen-bond donors (Lipinski definition) is 2. The molecular formula is C10H16Cl2N2O4S. The van der Waals surface area contributed by atoms with E-state index >= 15 is 0 Å². The van der Waals surface area contributed by atoms with Crippen LogP contribution in [0.4, 0.5) is 0 Å². The fourth-order valence-electron chi connectivity index (χ4n) is 1.50. The Labute approximate surface area is 124 Å². The lowest BCUT2D eigenvalue weighted by molar-refractivity contribution is -0.121. The van der Waals surface area contributed by atoms with Crippen molar-refractivity contribution < 1.29 is 18.0 Å². The molecule has 0 heterocycles. The van der Waals surface area contributed by atoms with Gasteiger partial charge in [-0.2, -0.15) is 0 Å². The Balaban J connectivity index is 0.00000162. The van der Waals surface area contributed by atoms with Crippen LogP contribution in [0.25, 0.3) is 0 Å². The molecule has 0 aliphatic heterocycles. The maximum absolute atomic E-state index is 11.4. The van der Waals surface area contributed by atoms with E-state index in [9.17, 15) is 18.0 Å². The van der Waals surface area contributed by atoms with Gasteiger partial charge in [0.1, 0.15) is 0 Å². The highest BCUT2D eigenvalue weighted by molar-refractivity contribution is 7.91. The van der Waals surface area contributed by atoms with Crippen LogP contribution in [0.5, 0.6) is 0 Å². The molecule has 110 valence electrons. The SMILES string of the molecule is Cl.Cl.NC(=O)C1(C=CC(=O)NS(=O)(=O)C2CC2)CC1. The average Bonchev–Trinajstić information content (AvgIpc) is 3.07. The van der Waals surface area contributed by atoms with E-state index < -0.39 is 32.5 Å². The molecule has 6 nitrogen and oxygen atoms in total. The second-order valence-corrected chi connectivity index (χ2v) is 6.53. The van der Waals surface area contributed by atoms with Crippen molar-refractivity contribution in [1.29, 1.82) is 0 Å². The van der Waals surface area contributed by atoms with Gasteiger partial charge in [0.25, 0.3) is 5.91 Å². The van der Waals surface area contributed by atoms with E-state index in [2.05, 4.69) is 0 Å². The van der Waals surface area contributed by atoms with E-state index in [0.29, 0.717) is 25.7 Å². The fraction of sp³-hybridized carbons (Fsp3) is 0.600. The van der Waals surface area contributed by atoms with E-state index in [0.717, 1.165) is 6.08 Å². The van der Waals surface area contributed by atoms with Gasteiger partial charge in [0, 0.05) is 6.08 Å². The molecule has 0 aromatic carbocycles. The second-order valence-electron chi connectivity index (χ2n) is 4.56. The Morgan fingerprint density at radius 3 is 2.11 bits per heavy atom. The lowest BCUT2D eigenvalue weighted by Gasteiger charge is -2.04. The zero-order valence-electron chi connectivity index (χ0n) is 10.00. The Hall–Kier alpha value is -0.790. The minimum atomic E-state index is -3.52. The minimum Gasteiger partial charge on any atom is -0.369 e. The van der Waals surface area contributed by atoms with Crippen LogP contribution >= 0.6 is 24.8 Å². The molecule has 0 aromatic rings. The topological polar surface area (TPSA) is 106 Å². The number of amides is 2. The van der Waals surface area contributed by atoms with Crippen LogP contribution in [0.15, 0.2) is 12.2 Å². The molecular weight excluding hydrogens is 315 g/mol. The average molecular weight is 331 g/mol. The van der Waals surface area contributed by atoms with Crippen molar-refractivity contribution in [3.05, 3.63) is 12.2 Å². The molecule has 2 fully saturated rings. The number of primary amides is 1. The van der Waals surface area contributed by atoms with Crippen molar-refractivity contribution in [3.8, 4) is 0 Å². The predicted molar refractivity (Wildman–Crippen MR) is 74.6 cm³/mol. The molecule has 2 rings (SSSR count). The molecule has 2 aliphatic carbocycles. The van der Waals surface area contributed by atoms with Crippen LogP contribution in [-0.2, 0) is 19.6 Å². The molecule has 9 heteroatoms. The standard InChI is InChI=1S/C10H14N2O4S.2ClH/c11-9(14)10(5-6-10)4-3-8(13)12-17(15,16)7-1-2-7;;/h3-4,7H,1-2,5-6H2,(H2,11,14)(H,12,13);2*1H. The number of sulfonamides is 1. The number of halogens is 2. The summed E-state index contributed by atoms with van der Waals surface area (Å²) >= 11 is 0. The van der Waals surface area contributed by atoms with Crippen molar-refractivity contribution in [2.45, 2.75) is 30.9 Å². The van der Waals surface area contributed by atoms with Crippen molar-refractivity contribution >= 4 is 46.7 Å². The minimum absolute atomic E-state index is 0. The Morgan fingerprint density at radius 1 is 1.21 bits per heavy atom. The third kappa shape index (κ3) is 4.36. The van der Waals surface area contributed by atoms with E-state index in [-0.39, 0.29) is 24.8 Å². The Bertz CT molecular complexity index is 496. The molecule has 0 radical (unpaired) electrons. The quantitative estimate of drug-likeness (QED) is 0.705. The Kier molecular flexibility index (Phi) is 5.85. The maximum atomic E-state index is 11.4. The number of rotatable bonds is 5. The van der Waals surface area contributed by atoms with Gasteiger partial charge in [-0.15, -0.1) is 24.8 Å². The van der Waals surface area contributed by atoms with Crippen molar-refractivity contribution in [2.75, 3.05) is 0 Å². The van der Waals surface area contributed by atoms with Gasteiger partial charge in [-0.05, 0) is 25.7 Å². The predicted octanol–water partition coefficient (Wildman–Crippen LogP) is 0.260. The van der Waals surface area contributed by atoms with Crippen molar-refractivity contribution in [3.63, 3.8) is 0 Å². The maximum Gasteiger partial charge on any atom is 0.257 e. The molecule has 0 saturated heterocycles. The highest BCUT2D eigenvalue weighted by Crippen LogP contribution is 2.46. The van der Waals surface area contributed by atoms with Gasteiger partial charge in [0.2, 0.25) is 15.9 Å². The van der Waals surface area contributed by atoms with E-state index in [4.69, 9.17) is 5.73 Å². The molecule has 3 N–H and O–H groups in total. The highest BCUT2D eigenvalue weighted by atomic mass is 35.5. The summed E-state index contributed by atoms with van der Waals surface area (Å²) < 4.78 is 24.8. The van der Waals surface area contributed by atoms with Crippen LogP contribution in [0, 0.1) is 5.41 Å². The van der Waals surface area contributed by atoms with Crippen LogP contribution in [-0.4, -0.2) is 25.5 Å². The monoisotopic (exact) mass is 330 g/mol. The second kappa shape index (κ2) is 6.11. The molecule has 0 aromatic heterocycles. The van der Waals surface area contributed by atoms with Gasteiger partial charge < -0.3 is 5.73 Å². The van der Waals surface area contributed by atoms with Gasteiger partial charge in [0.05, 0.1) is 10.7 Å². The number of carbonyl (C=O) groups is 2. The molecule has 0 atom stereocenters. The summed E-state index contributed by atoms with van der Waals surface area (Å²) in [6.45, 7) is 0. The molecule has 2 amide bonds. The zero-order valence-corrected chi connectivity index (χ0v) is 12.4. The van der Waals surface area contributed by atoms with Gasteiger partial charge in [-0.25, -0.2) is 13.1 Å². The summed E-state index contributed by atoms with van der Waals surface area (Å²) in [6, 6.07) is 0. The summed E-state index contributed by atoms with van der Waals surface area (Å²) in [6.07, 6.45) is 4.89. The summed E-state index contributed by atoms with van der Waals surface area (Å²) in [5, 5.41) is -0.439. The van der Waals surface area contributed by atoms with Crippen LogP contribution < -0.4 is 10.5 Å². The number of nitrogens with one attached hydrogen (secondary N) is 1. The number of nitrogens with two attached hydrogens (primary N) is 1. The molecule has 2 aliphatic rings. The summed E-state index contributed by atoms with van der Waals surface area (Å²) in [4.78, 5) is 22.4. The largest absolute Gasteiger partial charge is 0.369 e. The first kappa shape index (κ1) is 18.2. The zero-order chi connectivity index (χ0) is 12.7. The van der Waals surface area contributed by atoms with Crippen LogP contribution in [0.1, 0.15) is 25.7 Å². The van der Waals surface area contributed by atoms with Crippen LogP contribution in [0.3, 0.4) is 0 Å². The third-order valence-electron chi connectivity index (χ3n) is 3.04. The first-order valence-electron chi connectivity index (χ1n) is 5.40. The van der Waals surface area contributed by atoms with Gasteiger partial charge in [-0.1, -0.05) is 6.08 Å². The molecule has 0 spiro atoms. The van der Waals surface area contributed by atoms with E-state index in [1.165, 1.54) is 6.08 Å². The van der Waals surface area contributed by atoms with Crippen molar-refractivity contribution in [1.82, 2.24) is 4.72 Å². The summed E-state index contributed by atoms with van der Waals surface area (Å²) in [7, 11) is -3.52. The normalized spacial score (nSPS) is 20.0. The first-order chi connectivity index (χ1) is 7.86. The van der Waals surface area contributed by atoms with Gasteiger partial charge >= 0.3 is 0 Å². The van der Waals surface area contributed by atoms with E-state index in [1.807, 2.05) is 4.72 Å². The fourth-order valence-corrected chi connectivity index (χ4v) is 2.77. The lowest BCUT2D eigenvalue weighted by Crippen LogP contribution is -2.32. The molecule has 19 heavy (non-hydrogen) atoms. The molecule has 0 bridgehead atoms. The smallest absolute Gasteiger partial charge is 0.257 e. The third-order valence-corrected chi connectivity index (χ3v) is 4.87. The van der Waals surface area contributed by atoms with E-state index in [1.54, 1.807) is 0 Å². The molecule has 2 saturated carbocycles. The van der Waals surface area contributed by atoms with Crippen molar-refractivity contribution in [2.24, 2.45) is 11.1 Å². The summed E-state index contributed by atoms with van der Waals surface area (Å²) in [5.41, 5.74) is 4.43. The lowest BCUT2D eigenvalue weighted by atomic mass is 10.1. The Morgan fingerprint density at radius 2 is 1.74 bits per heavy atom. The molecule has 0 unspecified atom stereocenters. The highest BCUT2D eigenvalue weighted by Gasteiger charge is 2.46. The number of hydrogen-bond acceptors (Lipinski definition) is 4. The first-order valence-corrected chi connectivity index (χ1v) is 6.95.